The molecule has 1 aromatic carbocycles. The van der Waals surface area contributed by atoms with Crippen molar-refractivity contribution in [2.24, 2.45) is 5.73 Å². The molecule has 1 amide bonds. The van der Waals surface area contributed by atoms with Gasteiger partial charge in [0.05, 0.1) is 6.42 Å². The third kappa shape index (κ3) is 5.29. The number of carbonyl (C=O) groups excluding carboxylic acids is 2. The number of hydrogen-bond acceptors (Lipinski definition) is 2. The average molecular weight is 219 g/mol. The molecule has 1 rings (SSSR count). The fourth-order valence-corrected chi connectivity index (χ4v) is 1.58. The van der Waals surface area contributed by atoms with Crippen molar-refractivity contribution >= 4 is 11.7 Å². The zero-order valence-corrected chi connectivity index (χ0v) is 9.32. The van der Waals surface area contributed by atoms with Gasteiger partial charge in [-0.15, -0.1) is 0 Å². The highest BCUT2D eigenvalue weighted by Crippen LogP contribution is 2.07. The summed E-state index contributed by atoms with van der Waals surface area (Å²) in [6.07, 6.45) is 3.10. The number of rotatable bonds is 7. The number of amides is 1. The summed E-state index contributed by atoms with van der Waals surface area (Å²) in [5, 5.41) is 0. The van der Waals surface area contributed by atoms with Gasteiger partial charge in [0.2, 0.25) is 5.91 Å². The quantitative estimate of drug-likeness (QED) is 0.562. The van der Waals surface area contributed by atoms with E-state index in [1.807, 2.05) is 18.2 Å². The van der Waals surface area contributed by atoms with Crippen LogP contribution < -0.4 is 5.73 Å². The number of benzene rings is 1. The number of primary amides is 1. The van der Waals surface area contributed by atoms with E-state index in [0.29, 0.717) is 6.42 Å². The molecule has 3 nitrogen and oxygen atoms in total. The number of Topliss-reactive ketones (excluding diaryl/α,β-unsaturated/α-hetero) is 1. The number of ketones is 1. The van der Waals surface area contributed by atoms with E-state index in [-0.39, 0.29) is 12.2 Å². The molecule has 0 fully saturated rings. The van der Waals surface area contributed by atoms with Crippen molar-refractivity contribution in [2.45, 2.75) is 32.1 Å². The van der Waals surface area contributed by atoms with E-state index in [1.54, 1.807) is 0 Å². The van der Waals surface area contributed by atoms with Gasteiger partial charge in [0, 0.05) is 6.42 Å². The molecule has 1 aromatic rings. The molecule has 0 spiro atoms. The smallest absolute Gasteiger partial charge is 0.224 e. The Hall–Kier alpha value is -1.64. The summed E-state index contributed by atoms with van der Waals surface area (Å²) >= 11 is 0. The van der Waals surface area contributed by atoms with Gasteiger partial charge in [0.15, 0.2) is 0 Å². The van der Waals surface area contributed by atoms with Crippen LogP contribution in [0.5, 0.6) is 0 Å². The number of nitrogens with two attached hydrogens (primary N) is 1. The van der Waals surface area contributed by atoms with Crippen molar-refractivity contribution in [3.8, 4) is 0 Å². The van der Waals surface area contributed by atoms with Crippen LogP contribution in [0, 0.1) is 0 Å². The normalized spacial score (nSPS) is 10.0. The third-order valence-electron chi connectivity index (χ3n) is 2.39. The first-order chi connectivity index (χ1) is 7.68. The van der Waals surface area contributed by atoms with Gasteiger partial charge in [-0.25, -0.2) is 0 Å². The van der Waals surface area contributed by atoms with Gasteiger partial charge in [-0.2, -0.15) is 0 Å². The summed E-state index contributed by atoms with van der Waals surface area (Å²) in [7, 11) is 0. The van der Waals surface area contributed by atoms with E-state index in [9.17, 15) is 9.59 Å². The maximum absolute atomic E-state index is 11.2. The van der Waals surface area contributed by atoms with Crippen LogP contribution in [0.3, 0.4) is 0 Å². The Kier molecular flexibility index (Phi) is 5.26. The highest BCUT2D eigenvalue weighted by molar-refractivity contribution is 5.97. The Balaban J connectivity index is 2.13. The van der Waals surface area contributed by atoms with Gasteiger partial charge in [-0.3, -0.25) is 9.59 Å². The van der Waals surface area contributed by atoms with Crippen molar-refractivity contribution in [3.05, 3.63) is 35.9 Å². The molecule has 0 heterocycles. The van der Waals surface area contributed by atoms with Crippen LogP contribution in [0.25, 0.3) is 0 Å². The lowest BCUT2D eigenvalue weighted by molar-refractivity contribution is -0.126. The summed E-state index contributed by atoms with van der Waals surface area (Å²) < 4.78 is 0. The van der Waals surface area contributed by atoms with E-state index in [4.69, 9.17) is 5.73 Å². The molecule has 0 aliphatic heterocycles. The van der Waals surface area contributed by atoms with E-state index in [1.165, 1.54) is 5.56 Å². The standard InChI is InChI=1S/C13H17NO2/c14-13(16)10-12(15)9-5-4-8-11-6-2-1-3-7-11/h1-3,6-7H,4-5,8-10H2,(H2,14,16). The van der Waals surface area contributed by atoms with Gasteiger partial charge in [-0.05, 0) is 24.8 Å². The molecule has 16 heavy (non-hydrogen) atoms. The Morgan fingerprint density at radius 3 is 2.38 bits per heavy atom. The van der Waals surface area contributed by atoms with Gasteiger partial charge in [0.1, 0.15) is 5.78 Å². The Labute approximate surface area is 95.6 Å². The van der Waals surface area contributed by atoms with E-state index >= 15 is 0 Å². The summed E-state index contributed by atoms with van der Waals surface area (Å²) in [6, 6.07) is 10.2. The van der Waals surface area contributed by atoms with Crippen LogP contribution in [-0.4, -0.2) is 11.7 Å². The Bertz CT molecular complexity index is 346. The van der Waals surface area contributed by atoms with Crippen molar-refractivity contribution in [1.29, 1.82) is 0 Å². The minimum absolute atomic E-state index is 0.0550. The Morgan fingerprint density at radius 2 is 1.75 bits per heavy atom. The summed E-state index contributed by atoms with van der Waals surface area (Å²) in [5.41, 5.74) is 6.21. The van der Waals surface area contributed by atoms with Crippen molar-refractivity contribution in [2.75, 3.05) is 0 Å². The first kappa shape index (κ1) is 12.4. The predicted molar refractivity (Wildman–Crippen MR) is 62.8 cm³/mol. The van der Waals surface area contributed by atoms with Crippen LogP contribution >= 0.6 is 0 Å². The largest absolute Gasteiger partial charge is 0.369 e. The molecular formula is C13H17NO2. The molecule has 0 aliphatic carbocycles. The molecule has 86 valence electrons. The van der Waals surface area contributed by atoms with Crippen molar-refractivity contribution < 1.29 is 9.59 Å². The van der Waals surface area contributed by atoms with Crippen molar-refractivity contribution in [3.63, 3.8) is 0 Å². The summed E-state index contributed by atoms with van der Waals surface area (Å²) in [4.78, 5) is 21.6. The summed E-state index contributed by atoms with van der Waals surface area (Å²) in [6.45, 7) is 0. The topological polar surface area (TPSA) is 60.2 Å². The molecule has 3 heteroatoms. The minimum atomic E-state index is -0.534. The van der Waals surface area contributed by atoms with E-state index in [0.717, 1.165) is 19.3 Å². The lowest BCUT2D eigenvalue weighted by Gasteiger charge is -2.00. The molecule has 0 unspecified atom stereocenters. The van der Waals surface area contributed by atoms with Gasteiger partial charge >= 0.3 is 0 Å². The van der Waals surface area contributed by atoms with Crippen LogP contribution in [0.2, 0.25) is 0 Å². The second-order valence-electron chi connectivity index (χ2n) is 3.87. The number of aryl methyl sites for hydroxylation is 1. The van der Waals surface area contributed by atoms with Gasteiger partial charge in [0.25, 0.3) is 0 Å². The molecule has 0 saturated carbocycles. The molecule has 0 aromatic heterocycles. The first-order valence-electron chi connectivity index (χ1n) is 5.52. The van der Waals surface area contributed by atoms with Gasteiger partial charge < -0.3 is 5.73 Å². The maximum Gasteiger partial charge on any atom is 0.224 e. The Morgan fingerprint density at radius 1 is 1.06 bits per heavy atom. The number of carbonyl (C=O) groups is 2. The zero-order chi connectivity index (χ0) is 11.8. The monoisotopic (exact) mass is 219 g/mol. The van der Waals surface area contributed by atoms with Crippen LogP contribution in [0.1, 0.15) is 31.2 Å². The van der Waals surface area contributed by atoms with E-state index < -0.39 is 5.91 Å². The highest BCUT2D eigenvalue weighted by Gasteiger charge is 2.05. The summed E-state index contributed by atoms with van der Waals surface area (Å²) in [5.74, 6) is -0.589. The fourth-order valence-electron chi connectivity index (χ4n) is 1.58. The number of hydrogen-bond donors (Lipinski definition) is 1. The molecule has 0 bridgehead atoms. The van der Waals surface area contributed by atoms with Crippen LogP contribution in [-0.2, 0) is 16.0 Å². The number of unbranched alkanes of at least 4 members (excludes halogenated alkanes) is 1. The highest BCUT2D eigenvalue weighted by atomic mass is 16.2. The zero-order valence-electron chi connectivity index (χ0n) is 9.32. The third-order valence-corrected chi connectivity index (χ3v) is 2.39. The lowest BCUT2D eigenvalue weighted by atomic mass is 10.0. The van der Waals surface area contributed by atoms with Crippen LogP contribution in [0.4, 0.5) is 0 Å². The van der Waals surface area contributed by atoms with Crippen LogP contribution in [0.15, 0.2) is 30.3 Å². The molecule has 2 N–H and O–H groups in total. The molecular weight excluding hydrogens is 202 g/mol. The second kappa shape index (κ2) is 6.77. The molecule has 0 atom stereocenters. The maximum atomic E-state index is 11.2. The second-order valence-corrected chi connectivity index (χ2v) is 3.87. The van der Waals surface area contributed by atoms with E-state index in [2.05, 4.69) is 12.1 Å². The van der Waals surface area contributed by atoms with Crippen molar-refractivity contribution in [1.82, 2.24) is 0 Å². The van der Waals surface area contributed by atoms with Gasteiger partial charge in [-0.1, -0.05) is 30.3 Å². The molecule has 0 aliphatic rings. The average Bonchev–Trinajstić information content (AvgIpc) is 2.25. The molecule has 0 radical (unpaired) electrons. The lowest BCUT2D eigenvalue weighted by Crippen LogP contribution is -2.15. The first-order valence-corrected chi connectivity index (χ1v) is 5.52. The SMILES string of the molecule is NC(=O)CC(=O)CCCCc1ccccc1. The predicted octanol–water partition coefficient (Wildman–Crippen LogP) is 1.84. The minimum Gasteiger partial charge on any atom is -0.369 e. The fraction of sp³-hybridized carbons (Fsp3) is 0.385. The molecule has 0 saturated heterocycles.